The fourth-order valence-electron chi connectivity index (χ4n) is 4.36. The molecule has 29 heavy (non-hydrogen) atoms. The molecule has 1 saturated heterocycles. The van der Waals surface area contributed by atoms with E-state index >= 15 is 0 Å². The van der Waals surface area contributed by atoms with Gasteiger partial charge in [-0.25, -0.2) is 4.39 Å². The van der Waals surface area contributed by atoms with E-state index in [4.69, 9.17) is 0 Å². The summed E-state index contributed by atoms with van der Waals surface area (Å²) in [4.78, 5) is 29.0. The minimum atomic E-state index is -0.632. The third kappa shape index (κ3) is 4.66. The number of hydrogen-bond donors (Lipinski definition) is 0. The number of hydrogen-bond acceptors (Lipinski definition) is 2. The Hall–Kier alpha value is -2.69. The number of amides is 2. The number of halogens is 1. The van der Waals surface area contributed by atoms with E-state index in [1.54, 1.807) is 25.1 Å². The van der Waals surface area contributed by atoms with E-state index in [0.29, 0.717) is 25.9 Å². The Balaban J connectivity index is 1.93. The Labute approximate surface area is 172 Å². The van der Waals surface area contributed by atoms with Crippen LogP contribution < -0.4 is 0 Å². The van der Waals surface area contributed by atoms with Crippen LogP contribution in [0, 0.1) is 11.2 Å². The van der Waals surface area contributed by atoms with Crippen LogP contribution in [0.3, 0.4) is 0 Å². The van der Waals surface area contributed by atoms with Gasteiger partial charge < -0.3 is 9.80 Å². The minimum Gasteiger partial charge on any atom is -0.348 e. The van der Waals surface area contributed by atoms with Crippen LogP contribution in [0.15, 0.2) is 48.5 Å². The minimum absolute atomic E-state index is 0.0576. The van der Waals surface area contributed by atoms with Crippen molar-refractivity contribution in [3.05, 3.63) is 59.9 Å². The summed E-state index contributed by atoms with van der Waals surface area (Å²) in [6, 6.07) is 14.5. The number of benzene rings is 2. The van der Waals surface area contributed by atoms with Crippen LogP contribution in [0.4, 0.5) is 4.39 Å². The maximum Gasteiger partial charge on any atom is 0.230 e. The van der Waals surface area contributed by atoms with Crippen molar-refractivity contribution in [1.82, 2.24) is 9.80 Å². The predicted octanol–water partition coefficient (Wildman–Crippen LogP) is 4.14. The molecular formula is C24H29FN2O2. The maximum absolute atomic E-state index is 13.6. The van der Waals surface area contributed by atoms with Gasteiger partial charge in [0.05, 0.1) is 5.41 Å². The Bertz CT molecular complexity index is 896. The highest BCUT2D eigenvalue weighted by Crippen LogP contribution is 2.36. The van der Waals surface area contributed by atoms with Gasteiger partial charge in [0.15, 0.2) is 0 Å². The first-order chi connectivity index (χ1) is 13.8. The molecule has 0 saturated carbocycles. The molecule has 1 unspecified atom stereocenters. The van der Waals surface area contributed by atoms with E-state index in [1.807, 2.05) is 42.2 Å². The fraction of sp³-hybridized carbons (Fsp3) is 0.417. The number of carbonyl (C=O) groups is 2. The molecule has 1 heterocycles. The van der Waals surface area contributed by atoms with E-state index in [9.17, 15) is 14.0 Å². The molecule has 3 rings (SSSR count). The van der Waals surface area contributed by atoms with Gasteiger partial charge in [0, 0.05) is 33.6 Å². The number of rotatable bonds is 5. The molecule has 0 aliphatic carbocycles. The zero-order chi connectivity index (χ0) is 21.0. The van der Waals surface area contributed by atoms with E-state index in [0.717, 1.165) is 29.5 Å². The van der Waals surface area contributed by atoms with Gasteiger partial charge in [-0.1, -0.05) is 43.3 Å². The van der Waals surface area contributed by atoms with Crippen LogP contribution >= 0.6 is 0 Å². The van der Waals surface area contributed by atoms with Gasteiger partial charge in [-0.2, -0.15) is 0 Å². The van der Waals surface area contributed by atoms with Crippen LogP contribution in [0.25, 0.3) is 11.1 Å². The molecule has 4 nitrogen and oxygen atoms in total. The van der Waals surface area contributed by atoms with E-state index in [2.05, 4.69) is 0 Å². The lowest BCUT2D eigenvalue weighted by Crippen LogP contribution is -2.54. The van der Waals surface area contributed by atoms with Gasteiger partial charge in [-0.3, -0.25) is 9.59 Å². The van der Waals surface area contributed by atoms with Crippen LogP contribution in [-0.2, 0) is 16.0 Å². The first kappa shape index (κ1) is 21.0. The van der Waals surface area contributed by atoms with Crippen molar-refractivity contribution < 1.29 is 14.0 Å². The second kappa shape index (κ2) is 8.76. The van der Waals surface area contributed by atoms with Crippen LogP contribution in [0.1, 0.15) is 31.7 Å². The molecule has 0 bridgehead atoms. The van der Waals surface area contributed by atoms with Crippen molar-refractivity contribution in [3.63, 3.8) is 0 Å². The molecule has 1 atom stereocenters. The average molecular weight is 397 g/mol. The van der Waals surface area contributed by atoms with Crippen molar-refractivity contribution in [1.29, 1.82) is 0 Å². The quantitative estimate of drug-likeness (QED) is 0.762. The fourth-order valence-corrected chi connectivity index (χ4v) is 4.36. The lowest BCUT2D eigenvalue weighted by Gasteiger charge is -2.43. The molecule has 5 heteroatoms. The molecule has 154 valence electrons. The molecule has 1 aliphatic rings. The van der Waals surface area contributed by atoms with Gasteiger partial charge in [0.2, 0.25) is 11.8 Å². The standard InChI is InChI=1S/C24H29FN2O2/c1-4-22(28)27-13-7-12-24(17-27,23(29)26(2)3)16-18-8-5-9-19(14-18)20-10-6-11-21(25)15-20/h5-6,8-11,14-15H,4,7,12-13,16-17H2,1-3H3. The average Bonchev–Trinajstić information content (AvgIpc) is 2.72. The number of likely N-dealkylation sites (tertiary alicyclic amines) is 1. The zero-order valence-corrected chi connectivity index (χ0v) is 17.5. The van der Waals surface area contributed by atoms with Gasteiger partial charge in [0.25, 0.3) is 0 Å². The summed E-state index contributed by atoms with van der Waals surface area (Å²) in [5.74, 6) is -0.121. The molecule has 0 aromatic heterocycles. The van der Waals surface area contributed by atoms with Crippen LogP contribution in [0.5, 0.6) is 0 Å². The smallest absolute Gasteiger partial charge is 0.230 e. The highest BCUT2D eigenvalue weighted by Gasteiger charge is 2.44. The largest absolute Gasteiger partial charge is 0.348 e. The zero-order valence-electron chi connectivity index (χ0n) is 17.5. The highest BCUT2D eigenvalue weighted by molar-refractivity contribution is 5.84. The molecule has 2 amide bonds. The number of nitrogens with zero attached hydrogens (tertiary/aromatic N) is 2. The first-order valence-electron chi connectivity index (χ1n) is 10.2. The molecular weight excluding hydrogens is 367 g/mol. The summed E-state index contributed by atoms with van der Waals surface area (Å²) in [5.41, 5.74) is 2.12. The lowest BCUT2D eigenvalue weighted by atomic mass is 9.73. The summed E-state index contributed by atoms with van der Waals surface area (Å²) in [7, 11) is 3.54. The SMILES string of the molecule is CCC(=O)N1CCCC(Cc2cccc(-c3cccc(F)c3)c2)(C(=O)N(C)C)C1. The highest BCUT2D eigenvalue weighted by atomic mass is 19.1. The summed E-state index contributed by atoms with van der Waals surface area (Å²) in [6.45, 7) is 3.01. The molecule has 1 fully saturated rings. The summed E-state index contributed by atoms with van der Waals surface area (Å²) >= 11 is 0. The second-order valence-electron chi connectivity index (χ2n) is 8.14. The monoisotopic (exact) mass is 396 g/mol. The topological polar surface area (TPSA) is 40.6 Å². The first-order valence-corrected chi connectivity index (χ1v) is 10.2. The Morgan fingerprint density at radius 1 is 1.10 bits per heavy atom. The molecule has 0 radical (unpaired) electrons. The van der Waals surface area contributed by atoms with Crippen molar-refractivity contribution in [3.8, 4) is 11.1 Å². The van der Waals surface area contributed by atoms with E-state index in [-0.39, 0.29) is 17.6 Å². The Kier molecular flexibility index (Phi) is 6.36. The van der Waals surface area contributed by atoms with Crippen molar-refractivity contribution in [2.75, 3.05) is 27.2 Å². The van der Waals surface area contributed by atoms with Gasteiger partial charge >= 0.3 is 0 Å². The number of piperidine rings is 1. The molecule has 0 spiro atoms. The van der Waals surface area contributed by atoms with Crippen molar-refractivity contribution >= 4 is 11.8 Å². The van der Waals surface area contributed by atoms with Gasteiger partial charge in [-0.15, -0.1) is 0 Å². The van der Waals surface area contributed by atoms with E-state index in [1.165, 1.54) is 12.1 Å². The Morgan fingerprint density at radius 3 is 2.45 bits per heavy atom. The molecule has 2 aromatic rings. The Morgan fingerprint density at radius 2 is 1.79 bits per heavy atom. The molecule has 0 N–H and O–H groups in total. The summed E-state index contributed by atoms with van der Waals surface area (Å²) < 4.78 is 13.6. The maximum atomic E-state index is 13.6. The number of carbonyl (C=O) groups excluding carboxylic acids is 2. The predicted molar refractivity (Wildman–Crippen MR) is 113 cm³/mol. The van der Waals surface area contributed by atoms with Crippen LogP contribution in [0.2, 0.25) is 0 Å². The van der Waals surface area contributed by atoms with Gasteiger partial charge in [-0.05, 0) is 48.1 Å². The summed E-state index contributed by atoms with van der Waals surface area (Å²) in [5, 5.41) is 0. The lowest BCUT2D eigenvalue weighted by molar-refractivity contribution is -0.147. The third-order valence-corrected chi connectivity index (χ3v) is 5.72. The third-order valence-electron chi connectivity index (χ3n) is 5.72. The van der Waals surface area contributed by atoms with Crippen molar-refractivity contribution in [2.24, 2.45) is 5.41 Å². The van der Waals surface area contributed by atoms with Gasteiger partial charge in [0.1, 0.15) is 5.82 Å². The van der Waals surface area contributed by atoms with E-state index < -0.39 is 5.41 Å². The summed E-state index contributed by atoms with van der Waals surface area (Å²) in [6.07, 6.45) is 2.57. The molecule has 2 aromatic carbocycles. The van der Waals surface area contributed by atoms with Crippen LogP contribution in [-0.4, -0.2) is 48.8 Å². The van der Waals surface area contributed by atoms with Crippen molar-refractivity contribution in [2.45, 2.75) is 32.6 Å². The second-order valence-corrected chi connectivity index (χ2v) is 8.14. The normalized spacial score (nSPS) is 19.1. The molecule has 1 aliphatic heterocycles.